The topological polar surface area (TPSA) is 80.3 Å². The van der Waals surface area contributed by atoms with Crippen LogP contribution < -0.4 is 15.4 Å². The Kier molecular flexibility index (Phi) is 5.54. The van der Waals surface area contributed by atoms with Crippen molar-refractivity contribution in [1.29, 1.82) is 0 Å². The van der Waals surface area contributed by atoms with Gasteiger partial charge in [0.15, 0.2) is 0 Å². The number of aryl methyl sites for hydroxylation is 2. The predicted molar refractivity (Wildman–Crippen MR) is 105 cm³/mol. The molecule has 0 fully saturated rings. The van der Waals surface area contributed by atoms with E-state index in [4.69, 9.17) is 4.74 Å². The molecule has 0 saturated heterocycles. The molecule has 7 heteroatoms. The number of carbonyl (C=O) groups is 2. The van der Waals surface area contributed by atoms with Crippen molar-refractivity contribution >= 4 is 28.4 Å². The van der Waals surface area contributed by atoms with E-state index in [1.54, 1.807) is 31.2 Å². The fourth-order valence-corrected chi connectivity index (χ4v) is 2.84. The number of fused-ring (bicyclic) bond motifs is 1. The average molecular weight is 381 g/mol. The van der Waals surface area contributed by atoms with E-state index in [0.717, 1.165) is 5.56 Å². The van der Waals surface area contributed by atoms with Crippen LogP contribution in [0, 0.1) is 19.7 Å². The van der Waals surface area contributed by atoms with E-state index in [1.165, 1.54) is 19.2 Å². The second-order valence-corrected chi connectivity index (χ2v) is 6.39. The molecule has 0 atom stereocenters. The van der Waals surface area contributed by atoms with Crippen LogP contribution in [0.2, 0.25) is 0 Å². The zero-order valence-electron chi connectivity index (χ0n) is 15.8. The summed E-state index contributed by atoms with van der Waals surface area (Å²) in [4.78, 5) is 29.0. The summed E-state index contributed by atoms with van der Waals surface area (Å²) < 4.78 is 18.5. The molecule has 0 radical (unpaired) electrons. The summed E-state index contributed by atoms with van der Waals surface area (Å²) in [6.45, 7) is 3.35. The van der Waals surface area contributed by atoms with Gasteiger partial charge in [-0.05, 0) is 49.7 Å². The van der Waals surface area contributed by atoms with Gasteiger partial charge in [0.05, 0.1) is 36.1 Å². The molecule has 2 N–H and O–H groups in total. The highest BCUT2D eigenvalue weighted by molar-refractivity contribution is 6.02. The number of hydrogen-bond acceptors (Lipinski definition) is 4. The Morgan fingerprint density at radius 3 is 2.64 bits per heavy atom. The fourth-order valence-electron chi connectivity index (χ4n) is 2.84. The van der Waals surface area contributed by atoms with Gasteiger partial charge in [-0.1, -0.05) is 6.07 Å². The summed E-state index contributed by atoms with van der Waals surface area (Å²) in [5, 5.41) is 5.95. The van der Waals surface area contributed by atoms with Gasteiger partial charge in [0.25, 0.3) is 5.91 Å². The third-order valence-corrected chi connectivity index (χ3v) is 4.25. The van der Waals surface area contributed by atoms with Gasteiger partial charge in [0.1, 0.15) is 11.6 Å². The lowest BCUT2D eigenvalue weighted by atomic mass is 10.1. The van der Waals surface area contributed by atoms with Crippen LogP contribution in [0.25, 0.3) is 10.9 Å². The summed E-state index contributed by atoms with van der Waals surface area (Å²) in [5.74, 6) is -0.666. The molecule has 144 valence electrons. The van der Waals surface area contributed by atoms with Crippen LogP contribution in [0.4, 0.5) is 10.1 Å². The van der Waals surface area contributed by atoms with Crippen LogP contribution in [-0.4, -0.2) is 30.5 Å². The first-order valence-corrected chi connectivity index (χ1v) is 8.67. The Bertz CT molecular complexity index is 1070. The number of nitrogens with zero attached hydrogens (tertiary/aromatic N) is 1. The molecule has 3 rings (SSSR count). The van der Waals surface area contributed by atoms with E-state index in [9.17, 15) is 14.0 Å². The lowest BCUT2D eigenvalue weighted by Crippen LogP contribution is -2.33. The Balaban J connectivity index is 1.69. The third kappa shape index (κ3) is 4.25. The zero-order valence-corrected chi connectivity index (χ0v) is 15.8. The summed E-state index contributed by atoms with van der Waals surface area (Å²) in [6, 6.07) is 11.2. The van der Waals surface area contributed by atoms with Crippen LogP contribution >= 0.6 is 0 Å². The van der Waals surface area contributed by atoms with Gasteiger partial charge in [-0.25, -0.2) is 4.39 Å². The van der Waals surface area contributed by atoms with E-state index in [0.29, 0.717) is 33.6 Å². The molecule has 0 aliphatic heterocycles. The minimum absolute atomic E-state index is 0.211. The first-order valence-electron chi connectivity index (χ1n) is 8.67. The molecule has 1 aromatic heterocycles. The lowest BCUT2D eigenvalue weighted by Gasteiger charge is -2.12. The lowest BCUT2D eigenvalue weighted by molar-refractivity contribution is -0.115. The van der Waals surface area contributed by atoms with Crippen molar-refractivity contribution in [3.63, 3.8) is 0 Å². The first-order chi connectivity index (χ1) is 13.4. The van der Waals surface area contributed by atoms with Gasteiger partial charge in [-0.2, -0.15) is 0 Å². The Morgan fingerprint density at radius 2 is 1.89 bits per heavy atom. The Morgan fingerprint density at radius 1 is 1.11 bits per heavy atom. The molecule has 0 bridgehead atoms. The molecule has 0 spiro atoms. The molecule has 0 saturated carbocycles. The van der Waals surface area contributed by atoms with Crippen molar-refractivity contribution in [3.05, 3.63) is 65.1 Å². The maximum absolute atomic E-state index is 13.3. The highest BCUT2D eigenvalue weighted by atomic mass is 19.1. The summed E-state index contributed by atoms with van der Waals surface area (Å²) in [6.07, 6.45) is 0. The minimum atomic E-state index is -0.428. The van der Waals surface area contributed by atoms with Crippen molar-refractivity contribution in [1.82, 2.24) is 10.3 Å². The third-order valence-electron chi connectivity index (χ3n) is 4.25. The van der Waals surface area contributed by atoms with Crippen LogP contribution in [-0.2, 0) is 4.79 Å². The summed E-state index contributed by atoms with van der Waals surface area (Å²) in [5.41, 5.74) is 2.76. The molecule has 6 nitrogen and oxygen atoms in total. The maximum atomic E-state index is 13.3. The van der Waals surface area contributed by atoms with Crippen molar-refractivity contribution in [2.45, 2.75) is 13.8 Å². The number of aromatic nitrogens is 1. The summed E-state index contributed by atoms with van der Waals surface area (Å²) in [7, 11) is 1.52. The predicted octanol–water partition coefficient (Wildman–Crippen LogP) is 3.37. The fraction of sp³-hybridized carbons (Fsp3) is 0.190. The van der Waals surface area contributed by atoms with Crippen molar-refractivity contribution in [3.8, 4) is 5.75 Å². The molecule has 0 unspecified atom stereocenters. The number of pyridine rings is 1. The molecule has 2 aromatic carbocycles. The normalized spacial score (nSPS) is 10.6. The highest BCUT2D eigenvalue weighted by Crippen LogP contribution is 2.25. The molecule has 2 amide bonds. The number of nitrogens with one attached hydrogen (secondary N) is 2. The smallest absolute Gasteiger partial charge is 0.253 e. The standard InChI is InChI=1S/C21H20FN3O3/c1-12-4-7-19(28-3)18(8-12)25-20(26)11-23-21(27)16-9-14-5-6-15(22)10-17(14)24-13(16)2/h4-10H,11H2,1-3H3,(H,23,27)(H,25,26). The van der Waals surface area contributed by atoms with E-state index in [2.05, 4.69) is 15.6 Å². The second-order valence-electron chi connectivity index (χ2n) is 6.39. The molecule has 1 heterocycles. The molecule has 0 aliphatic carbocycles. The van der Waals surface area contributed by atoms with Gasteiger partial charge in [-0.3, -0.25) is 14.6 Å². The van der Waals surface area contributed by atoms with Crippen LogP contribution in [0.1, 0.15) is 21.6 Å². The van der Waals surface area contributed by atoms with E-state index in [-0.39, 0.29) is 18.3 Å². The first kappa shape index (κ1) is 19.3. The number of rotatable bonds is 5. The van der Waals surface area contributed by atoms with Gasteiger partial charge in [0, 0.05) is 11.5 Å². The van der Waals surface area contributed by atoms with Gasteiger partial charge >= 0.3 is 0 Å². The highest BCUT2D eigenvalue weighted by Gasteiger charge is 2.14. The van der Waals surface area contributed by atoms with E-state index in [1.807, 2.05) is 13.0 Å². The van der Waals surface area contributed by atoms with Crippen molar-refractivity contribution in [2.24, 2.45) is 0 Å². The van der Waals surface area contributed by atoms with E-state index >= 15 is 0 Å². The number of amides is 2. The average Bonchev–Trinajstić information content (AvgIpc) is 2.65. The Labute approximate surface area is 161 Å². The van der Waals surface area contributed by atoms with Gasteiger partial charge in [-0.15, -0.1) is 0 Å². The van der Waals surface area contributed by atoms with E-state index < -0.39 is 5.91 Å². The zero-order chi connectivity index (χ0) is 20.3. The number of carbonyl (C=O) groups excluding carboxylic acids is 2. The van der Waals surface area contributed by atoms with Gasteiger partial charge in [0.2, 0.25) is 5.91 Å². The van der Waals surface area contributed by atoms with Crippen LogP contribution in [0.15, 0.2) is 42.5 Å². The molecular formula is C21H20FN3O3. The minimum Gasteiger partial charge on any atom is -0.495 e. The SMILES string of the molecule is COc1ccc(C)cc1NC(=O)CNC(=O)c1cc2ccc(F)cc2nc1C. The largest absolute Gasteiger partial charge is 0.495 e. The second kappa shape index (κ2) is 8.04. The number of methoxy groups -OCH3 is 1. The van der Waals surface area contributed by atoms with Crippen molar-refractivity contribution < 1.29 is 18.7 Å². The number of anilines is 1. The Hall–Kier alpha value is -3.48. The quantitative estimate of drug-likeness (QED) is 0.710. The van der Waals surface area contributed by atoms with Crippen LogP contribution in [0.3, 0.4) is 0 Å². The monoisotopic (exact) mass is 381 g/mol. The molecule has 3 aromatic rings. The molecule has 0 aliphatic rings. The maximum Gasteiger partial charge on any atom is 0.253 e. The van der Waals surface area contributed by atoms with Crippen molar-refractivity contribution in [2.75, 3.05) is 19.0 Å². The number of hydrogen-bond donors (Lipinski definition) is 2. The number of ether oxygens (including phenoxy) is 1. The number of halogens is 1. The summed E-state index contributed by atoms with van der Waals surface area (Å²) >= 11 is 0. The van der Waals surface area contributed by atoms with Gasteiger partial charge < -0.3 is 15.4 Å². The number of benzene rings is 2. The molecule has 28 heavy (non-hydrogen) atoms. The molecular weight excluding hydrogens is 361 g/mol. The van der Waals surface area contributed by atoms with Crippen LogP contribution in [0.5, 0.6) is 5.75 Å².